The van der Waals surface area contributed by atoms with Gasteiger partial charge in [-0.3, -0.25) is 14.5 Å². The molecule has 0 saturated carbocycles. The molecule has 166 valence electrons. The number of Topliss-reactive ketones (excluding diaryl/α,β-unsaturated/α-hetero) is 1. The van der Waals surface area contributed by atoms with Crippen LogP contribution in [0.1, 0.15) is 46.7 Å². The number of halogens is 1. The third-order valence-electron chi connectivity index (χ3n) is 6.51. The zero-order valence-electron chi connectivity index (χ0n) is 18.3. The summed E-state index contributed by atoms with van der Waals surface area (Å²) in [6.45, 7) is 1.92. The van der Waals surface area contributed by atoms with Crippen molar-refractivity contribution >= 4 is 23.1 Å². The maximum atomic E-state index is 14.0. The van der Waals surface area contributed by atoms with Gasteiger partial charge in [0.25, 0.3) is 11.7 Å². The molecule has 3 aromatic carbocycles. The molecule has 1 N–H and O–H groups in total. The number of carbonyl (C=O) groups excluding carboxylic acids is 2. The quantitative estimate of drug-likeness (QED) is 0.325. The lowest BCUT2D eigenvalue weighted by molar-refractivity contribution is -0.132. The predicted molar refractivity (Wildman–Crippen MR) is 125 cm³/mol. The van der Waals surface area contributed by atoms with Crippen molar-refractivity contribution < 1.29 is 19.1 Å². The Hall–Kier alpha value is -3.73. The fourth-order valence-corrected chi connectivity index (χ4v) is 4.92. The summed E-state index contributed by atoms with van der Waals surface area (Å²) < 4.78 is 14.0. The molecule has 0 bridgehead atoms. The van der Waals surface area contributed by atoms with Gasteiger partial charge in [-0.2, -0.15) is 0 Å². The smallest absolute Gasteiger partial charge is 0.300 e. The Bertz CT molecular complexity index is 1310. The molecule has 1 aliphatic carbocycles. The number of amides is 1. The van der Waals surface area contributed by atoms with Gasteiger partial charge < -0.3 is 5.11 Å². The number of ketones is 1. The van der Waals surface area contributed by atoms with Crippen molar-refractivity contribution in [1.29, 1.82) is 0 Å². The largest absolute Gasteiger partial charge is 0.507 e. The van der Waals surface area contributed by atoms with E-state index < -0.39 is 23.5 Å². The van der Waals surface area contributed by atoms with E-state index in [9.17, 15) is 19.1 Å². The number of anilines is 1. The predicted octanol–water partition coefficient (Wildman–Crippen LogP) is 5.64. The van der Waals surface area contributed by atoms with Crippen LogP contribution in [0.25, 0.3) is 5.76 Å². The molecule has 4 nitrogen and oxygen atoms in total. The maximum Gasteiger partial charge on any atom is 0.300 e. The van der Waals surface area contributed by atoms with Crippen molar-refractivity contribution in [1.82, 2.24) is 0 Å². The Morgan fingerprint density at radius 3 is 2.45 bits per heavy atom. The van der Waals surface area contributed by atoms with E-state index in [0.717, 1.165) is 36.8 Å². The van der Waals surface area contributed by atoms with Gasteiger partial charge in [0.2, 0.25) is 0 Å². The first kappa shape index (κ1) is 21.1. The average molecular weight is 442 g/mol. The number of hydrogen-bond donors (Lipinski definition) is 1. The third-order valence-corrected chi connectivity index (χ3v) is 6.51. The van der Waals surface area contributed by atoms with E-state index in [-0.39, 0.29) is 17.0 Å². The highest BCUT2D eigenvalue weighted by atomic mass is 19.1. The summed E-state index contributed by atoms with van der Waals surface area (Å²) in [4.78, 5) is 27.7. The van der Waals surface area contributed by atoms with E-state index in [1.165, 1.54) is 28.7 Å². The molecule has 1 aliphatic heterocycles. The topological polar surface area (TPSA) is 57.6 Å². The molecule has 3 aromatic rings. The lowest BCUT2D eigenvalue weighted by Gasteiger charge is -2.26. The molecule has 1 unspecified atom stereocenters. The summed E-state index contributed by atoms with van der Waals surface area (Å²) in [5.74, 6) is -2.27. The minimum Gasteiger partial charge on any atom is -0.507 e. The molecule has 0 aromatic heterocycles. The zero-order chi connectivity index (χ0) is 23.1. The summed E-state index contributed by atoms with van der Waals surface area (Å²) in [5.41, 5.74) is 4.86. The Labute approximate surface area is 192 Å². The summed E-state index contributed by atoms with van der Waals surface area (Å²) in [5, 5.41) is 11.3. The van der Waals surface area contributed by atoms with E-state index in [0.29, 0.717) is 11.1 Å². The Morgan fingerprint density at radius 1 is 0.939 bits per heavy atom. The van der Waals surface area contributed by atoms with Gasteiger partial charge in [0.15, 0.2) is 0 Å². The number of benzene rings is 3. The van der Waals surface area contributed by atoms with E-state index in [4.69, 9.17) is 0 Å². The summed E-state index contributed by atoms with van der Waals surface area (Å²) in [7, 11) is 0. The van der Waals surface area contributed by atoms with Crippen molar-refractivity contribution in [2.75, 3.05) is 4.90 Å². The van der Waals surface area contributed by atoms with E-state index >= 15 is 0 Å². The van der Waals surface area contributed by atoms with Gasteiger partial charge in [-0.05, 0) is 73.6 Å². The first-order chi connectivity index (χ1) is 15.9. The van der Waals surface area contributed by atoms with E-state index in [2.05, 4.69) is 0 Å². The molecule has 1 atom stereocenters. The highest BCUT2D eigenvalue weighted by Gasteiger charge is 2.47. The molecule has 5 heteroatoms. The van der Waals surface area contributed by atoms with Gasteiger partial charge in [-0.25, -0.2) is 4.39 Å². The molecule has 1 saturated heterocycles. The number of aliphatic hydroxyl groups excluding tert-OH is 1. The lowest BCUT2D eigenvalue weighted by atomic mass is 9.88. The van der Waals surface area contributed by atoms with Crippen molar-refractivity contribution in [2.24, 2.45) is 0 Å². The van der Waals surface area contributed by atoms with Crippen LogP contribution in [0.5, 0.6) is 0 Å². The van der Waals surface area contributed by atoms with Crippen LogP contribution < -0.4 is 4.90 Å². The van der Waals surface area contributed by atoms with Gasteiger partial charge in [-0.1, -0.05) is 48.0 Å². The normalized spacial score (nSPS) is 19.6. The molecule has 1 fully saturated rings. The minimum absolute atomic E-state index is 0.0191. The number of rotatable bonds is 3. The highest BCUT2D eigenvalue weighted by molar-refractivity contribution is 6.51. The summed E-state index contributed by atoms with van der Waals surface area (Å²) in [6.07, 6.45) is 4.16. The molecule has 0 radical (unpaired) electrons. The summed E-state index contributed by atoms with van der Waals surface area (Å²) >= 11 is 0. The number of aryl methyl sites for hydroxylation is 3. The first-order valence-corrected chi connectivity index (χ1v) is 11.2. The van der Waals surface area contributed by atoms with E-state index in [1.807, 2.05) is 49.4 Å². The fraction of sp³-hybridized carbons (Fsp3) is 0.214. The van der Waals surface area contributed by atoms with Crippen LogP contribution in [-0.4, -0.2) is 16.8 Å². The highest BCUT2D eigenvalue weighted by Crippen LogP contribution is 2.42. The summed E-state index contributed by atoms with van der Waals surface area (Å²) in [6, 6.07) is 17.9. The van der Waals surface area contributed by atoms with Crippen LogP contribution >= 0.6 is 0 Å². The van der Waals surface area contributed by atoms with Crippen LogP contribution in [0, 0.1) is 12.7 Å². The Balaban J connectivity index is 1.71. The molecule has 1 heterocycles. The Kier molecular flexibility index (Phi) is 5.33. The van der Waals surface area contributed by atoms with Crippen LogP contribution in [0.3, 0.4) is 0 Å². The molecule has 5 rings (SSSR count). The maximum absolute atomic E-state index is 14.0. The number of fused-ring (bicyclic) bond motifs is 1. The fourth-order valence-electron chi connectivity index (χ4n) is 4.92. The average Bonchev–Trinajstić information content (AvgIpc) is 3.09. The number of aliphatic hydroxyl groups is 1. The standard InChI is InChI=1S/C28H24FNO3/c1-17-6-4-9-20(14-17)25-24(26(31)21-13-12-18-7-2-3-8-19(18)15-21)27(32)28(33)30(25)23-11-5-10-22(29)16-23/h4-6,9-16,25,31H,2-3,7-8H2,1H3/b26-24-. The van der Waals surface area contributed by atoms with Gasteiger partial charge >= 0.3 is 0 Å². The lowest BCUT2D eigenvalue weighted by Crippen LogP contribution is -2.29. The molecular weight excluding hydrogens is 417 g/mol. The van der Waals surface area contributed by atoms with Gasteiger partial charge in [0, 0.05) is 11.3 Å². The molecule has 33 heavy (non-hydrogen) atoms. The monoisotopic (exact) mass is 441 g/mol. The second-order valence-electron chi connectivity index (χ2n) is 8.75. The number of carbonyl (C=O) groups is 2. The molecule has 0 spiro atoms. The van der Waals surface area contributed by atoms with Gasteiger partial charge in [0.05, 0.1) is 11.6 Å². The van der Waals surface area contributed by atoms with E-state index in [1.54, 1.807) is 6.07 Å². The molecule has 2 aliphatic rings. The van der Waals surface area contributed by atoms with Crippen molar-refractivity contribution in [2.45, 2.75) is 38.6 Å². The molecule has 1 amide bonds. The first-order valence-electron chi connectivity index (χ1n) is 11.2. The van der Waals surface area contributed by atoms with Crippen LogP contribution in [0.4, 0.5) is 10.1 Å². The molecular formula is C28H24FNO3. The Morgan fingerprint density at radius 2 is 1.70 bits per heavy atom. The SMILES string of the molecule is Cc1cccc(C2/C(=C(/O)c3ccc4c(c3)CCCC4)C(=O)C(=O)N2c2cccc(F)c2)c1. The third kappa shape index (κ3) is 3.74. The van der Waals surface area contributed by atoms with Crippen LogP contribution in [0.15, 0.2) is 72.3 Å². The van der Waals surface area contributed by atoms with Gasteiger partial charge in [0.1, 0.15) is 11.6 Å². The van der Waals surface area contributed by atoms with Crippen LogP contribution in [-0.2, 0) is 22.4 Å². The second-order valence-corrected chi connectivity index (χ2v) is 8.75. The number of nitrogens with zero attached hydrogens (tertiary/aromatic N) is 1. The van der Waals surface area contributed by atoms with Crippen molar-refractivity contribution in [3.8, 4) is 0 Å². The minimum atomic E-state index is -0.859. The van der Waals surface area contributed by atoms with Crippen molar-refractivity contribution in [3.05, 3.63) is 106 Å². The van der Waals surface area contributed by atoms with Crippen molar-refractivity contribution in [3.63, 3.8) is 0 Å². The van der Waals surface area contributed by atoms with Gasteiger partial charge in [-0.15, -0.1) is 0 Å². The van der Waals surface area contributed by atoms with Crippen LogP contribution in [0.2, 0.25) is 0 Å². The second kappa shape index (κ2) is 8.32. The zero-order valence-corrected chi connectivity index (χ0v) is 18.3. The number of hydrogen-bond acceptors (Lipinski definition) is 3.